The van der Waals surface area contributed by atoms with Gasteiger partial charge in [0.05, 0.1) is 13.2 Å². The molecule has 2 aromatic rings. The van der Waals surface area contributed by atoms with Gasteiger partial charge in [-0.1, -0.05) is 26.3 Å². The molecule has 32 heavy (non-hydrogen) atoms. The van der Waals surface area contributed by atoms with Crippen LogP contribution in [-0.2, 0) is 22.4 Å². The predicted molar refractivity (Wildman–Crippen MR) is 129 cm³/mol. The van der Waals surface area contributed by atoms with E-state index in [1.165, 1.54) is 25.5 Å². The van der Waals surface area contributed by atoms with Gasteiger partial charge in [0.2, 0.25) is 0 Å². The molecule has 1 aliphatic rings. The molecule has 1 fully saturated rings. The Morgan fingerprint density at radius 1 is 1.19 bits per heavy atom. The van der Waals surface area contributed by atoms with Gasteiger partial charge >= 0.3 is 5.97 Å². The molecule has 0 aromatic heterocycles. The first-order chi connectivity index (χ1) is 15.5. The van der Waals surface area contributed by atoms with E-state index in [-0.39, 0.29) is 17.9 Å². The Labute approximate surface area is 191 Å². The van der Waals surface area contributed by atoms with Crippen LogP contribution in [-0.4, -0.2) is 25.0 Å². The third-order valence-electron chi connectivity index (χ3n) is 6.02. The summed E-state index contributed by atoms with van der Waals surface area (Å²) < 4.78 is 11.7. The van der Waals surface area contributed by atoms with Crippen molar-refractivity contribution >= 4 is 17.5 Å². The predicted octanol–water partition coefficient (Wildman–Crippen LogP) is 5.13. The second-order valence-electron chi connectivity index (χ2n) is 8.39. The molecule has 172 valence electrons. The first-order valence-corrected chi connectivity index (χ1v) is 11.6. The van der Waals surface area contributed by atoms with E-state index >= 15 is 0 Å². The zero-order valence-corrected chi connectivity index (χ0v) is 19.4. The number of anilines is 1. The number of rotatable bonds is 10. The lowest BCUT2D eigenvalue weighted by molar-refractivity contribution is -0.141. The van der Waals surface area contributed by atoms with Crippen LogP contribution in [0.15, 0.2) is 36.4 Å². The van der Waals surface area contributed by atoms with Crippen LogP contribution in [0.1, 0.15) is 74.2 Å². The number of amidine groups is 1. The molecule has 2 aromatic carbocycles. The normalized spacial score (nSPS) is 14.7. The molecule has 0 heterocycles. The summed E-state index contributed by atoms with van der Waals surface area (Å²) in [6.07, 6.45) is 7.39. The number of ether oxygens (including phenoxy) is 2. The zero-order chi connectivity index (χ0) is 23.1. The highest BCUT2D eigenvalue weighted by Crippen LogP contribution is 2.37. The first kappa shape index (κ1) is 23.6. The van der Waals surface area contributed by atoms with Crippen molar-refractivity contribution < 1.29 is 14.3 Å². The average molecular weight is 438 g/mol. The van der Waals surface area contributed by atoms with Gasteiger partial charge in [-0.15, -0.1) is 0 Å². The highest BCUT2D eigenvalue weighted by Gasteiger charge is 2.29. The number of nitrogen functional groups attached to an aromatic ring is 1. The SMILES string of the molecule is CCCc1cc(CC)cc(C(Nc2ccc(C(=N)N)cc2)C(=O)OC)c1OC1CCCC1. The van der Waals surface area contributed by atoms with Gasteiger partial charge in [-0.25, -0.2) is 4.79 Å². The van der Waals surface area contributed by atoms with E-state index in [9.17, 15) is 4.79 Å². The van der Waals surface area contributed by atoms with E-state index in [1.807, 2.05) is 12.1 Å². The van der Waals surface area contributed by atoms with Crippen LogP contribution in [0.25, 0.3) is 0 Å². The largest absolute Gasteiger partial charge is 0.490 e. The maximum atomic E-state index is 13.0. The van der Waals surface area contributed by atoms with Crippen LogP contribution in [0.4, 0.5) is 5.69 Å². The fraction of sp³-hybridized carbons (Fsp3) is 0.462. The summed E-state index contributed by atoms with van der Waals surface area (Å²) in [6.45, 7) is 4.28. The molecule has 0 bridgehead atoms. The second-order valence-corrected chi connectivity index (χ2v) is 8.39. The Bertz CT molecular complexity index is 934. The van der Waals surface area contributed by atoms with Crippen LogP contribution >= 0.6 is 0 Å². The van der Waals surface area contributed by atoms with Gasteiger partial charge in [0, 0.05) is 16.8 Å². The quantitative estimate of drug-likeness (QED) is 0.272. The summed E-state index contributed by atoms with van der Waals surface area (Å²) in [5.74, 6) is 0.458. The van der Waals surface area contributed by atoms with Gasteiger partial charge in [-0.3, -0.25) is 5.41 Å². The molecule has 1 saturated carbocycles. The number of methoxy groups -OCH3 is 1. The minimum absolute atomic E-state index is 0.00757. The van der Waals surface area contributed by atoms with Crippen molar-refractivity contribution in [2.45, 2.75) is 70.9 Å². The summed E-state index contributed by atoms with van der Waals surface area (Å²) in [6, 6.07) is 10.7. The van der Waals surface area contributed by atoms with Crippen molar-refractivity contribution in [3.05, 3.63) is 58.7 Å². The van der Waals surface area contributed by atoms with Crippen molar-refractivity contribution in [3.8, 4) is 5.75 Å². The fourth-order valence-corrected chi connectivity index (χ4v) is 4.27. The number of hydrogen-bond acceptors (Lipinski definition) is 5. The molecule has 0 spiro atoms. The topological polar surface area (TPSA) is 97.4 Å². The summed E-state index contributed by atoms with van der Waals surface area (Å²) in [4.78, 5) is 13.0. The van der Waals surface area contributed by atoms with Gasteiger partial charge in [0.1, 0.15) is 11.6 Å². The van der Waals surface area contributed by atoms with Crippen molar-refractivity contribution in [1.82, 2.24) is 0 Å². The van der Waals surface area contributed by atoms with Crippen molar-refractivity contribution in [1.29, 1.82) is 5.41 Å². The Morgan fingerprint density at radius 3 is 2.44 bits per heavy atom. The lowest BCUT2D eigenvalue weighted by Gasteiger charge is -2.26. The van der Waals surface area contributed by atoms with Crippen LogP contribution < -0.4 is 15.8 Å². The number of benzene rings is 2. The summed E-state index contributed by atoms with van der Waals surface area (Å²) in [5, 5.41) is 10.9. The van der Waals surface area contributed by atoms with E-state index < -0.39 is 6.04 Å². The highest BCUT2D eigenvalue weighted by atomic mass is 16.5. The zero-order valence-electron chi connectivity index (χ0n) is 19.4. The summed E-state index contributed by atoms with van der Waals surface area (Å²) in [5.41, 5.74) is 10.1. The van der Waals surface area contributed by atoms with Gasteiger partial charge in [0.15, 0.2) is 6.04 Å². The molecule has 6 nitrogen and oxygen atoms in total. The Hall–Kier alpha value is -3.02. The number of hydrogen-bond donors (Lipinski definition) is 3. The van der Waals surface area contributed by atoms with E-state index in [1.54, 1.807) is 12.1 Å². The van der Waals surface area contributed by atoms with Crippen molar-refractivity contribution in [2.24, 2.45) is 5.73 Å². The van der Waals surface area contributed by atoms with E-state index in [2.05, 4.69) is 31.3 Å². The van der Waals surface area contributed by atoms with Crippen molar-refractivity contribution in [2.75, 3.05) is 12.4 Å². The molecule has 0 amide bonds. The number of carbonyl (C=O) groups excluding carboxylic acids is 1. The minimum Gasteiger partial charge on any atom is -0.490 e. The van der Waals surface area contributed by atoms with Crippen LogP contribution in [0.5, 0.6) is 5.75 Å². The number of esters is 1. The number of aryl methyl sites for hydroxylation is 2. The molecule has 1 aliphatic carbocycles. The number of nitrogens with two attached hydrogens (primary N) is 1. The highest BCUT2D eigenvalue weighted by molar-refractivity contribution is 5.95. The second kappa shape index (κ2) is 11.0. The Kier molecular flexibility index (Phi) is 8.14. The smallest absolute Gasteiger partial charge is 0.333 e. The minimum atomic E-state index is -0.707. The summed E-state index contributed by atoms with van der Waals surface area (Å²) in [7, 11) is 1.41. The van der Waals surface area contributed by atoms with Crippen LogP contribution in [0.3, 0.4) is 0 Å². The molecular weight excluding hydrogens is 402 g/mol. The lowest BCUT2D eigenvalue weighted by atomic mass is 9.94. The van der Waals surface area contributed by atoms with Gasteiger partial charge in [-0.2, -0.15) is 0 Å². The van der Waals surface area contributed by atoms with E-state index in [0.717, 1.165) is 54.7 Å². The molecular formula is C26H35N3O3. The molecule has 4 N–H and O–H groups in total. The molecule has 1 atom stereocenters. The monoisotopic (exact) mass is 437 g/mol. The van der Waals surface area contributed by atoms with E-state index in [4.69, 9.17) is 20.6 Å². The first-order valence-electron chi connectivity index (χ1n) is 11.6. The van der Waals surface area contributed by atoms with Crippen molar-refractivity contribution in [3.63, 3.8) is 0 Å². The maximum Gasteiger partial charge on any atom is 0.333 e. The maximum absolute atomic E-state index is 13.0. The van der Waals surface area contributed by atoms with Gasteiger partial charge < -0.3 is 20.5 Å². The van der Waals surface area contributed by atoms with Gasteiger partial charge in [-0.05, 0) is 80.0 Å². The third-order valence-corrected chi connectivity index (χ3v) is 6.02. The van der Waals surface area contributed by atoms with E-state index in [0.29, 0.717) is 5.56 Å². The van der Waals surface area contributed by atoms with Crippen LogP contribution in [0.2, 0.25) is 0 Å². The third kappa shape index (κ3) is 5.61. The molecule has 1 unspecified atom stereocenters. The molecule has 0 radical (unpaired) electrons. The number of carbonyl (C=O) groups is 1. The summed E-state index contributed by atoms with van der Waals surface area (Å²) >= 11 is 0. The fourth-order valence-electron chi connectivity index (χ4n) is 4.27. The Morgan fingerprint density at radius 2 is 1.88 bits per heavy atom. The average Bonchev–Trinajstić information content (AvgIpc) is 3.31. The standard InChI is InChI=1S/C26H35N3O3/c1-4-8-19-15-17(5-2)16-22(24(19)32-21-9-6-7-10-21)23(26(30)31-3)29-20-13-11-18(12-14-20)25(27)28/h11-16,21,23,29H,4-10H2,1-3H3,(H3,27,28). The Balaban J connectivity index is 2.05. The number of nitrogens with one attached hydrogen (secondary N) is 2. The lowest BCUT2D eigenvalue weighted by Crippen LogP contribution is -2.25. The van der Waals surface area contributed by atoms with Gasteiger partial charge in [0.25, 0.3) is 0 Å². The van der Waals surface area contributed by atoms with Crippen LogP contribution in [0, 0.1) is 5.41 Å². The molecule has 3 rings (SSSR count). The molecule has 0 aliphatic heterocycles. The molecule has 6 heteroatoms. The molecule has 0 saturated heterocycles.